The molecule has 0 bridgehead atoms. The zero-order chi connectivity index (χ0) is 21.3. The molecule has 4 atom stereocenters. The van der Waals surface area contributed by atoms with Crippen LogP contribution in [0.2, 0.25) is 0 Å². The van der Waals surface area contributed by atoms with E-state index in [1.54, 1.807) is 13.8 Å². The molecule has 0 aliphatic rings. The van der Waals surface area contributed by atoms with Crippen molar-refractivity contribution in [3.63, 3.8) is 0 Å². The van der Waals surface area contributed by atoms with Gasteiger partial charge in [-0.25, -0.2) is 4.79 Å². The highest BCUT2D eigenvalue weighted by molar-refractivity contribution is 5.94. The summed E-state index contributed by atoms with van der Waals surface area (Å²) in [5, 5.41) is 16.3. The van der Waals surface area contributed by atoms with Crippen LogP contribution in [0.15, 0.2) is 0 Å². The van der Waals surface area contributed by atoms with Gasteiger partial charge in [0.15, 0.2) is 0 Å². The van der Waals surface area contributed by atoms with Crippen molar-refractivity contribution < 1.29 is 29.1 Å². The number of carboxylic acid groups (broad SMARTS) is 1. The molecule has 4 amide bonds. The van der Waals surface area contributed by atoms with Crippen molar-refractivity contribution >= 4 is 29.6 Å². The van der Waals surface area contributed by atoms with E-state index in [1.807, 2.05) is 0 Å². The number of nitrogens with two attached hydrogens (primary N) is 2. The molecule has 0 radical (unpaired) electrons. The molecule has 0 aliphatic heterocycles. The molecular formula is C16H29N5O6. The summed E-state index contributed by atoms with van der Waals surface area (Å²) in [4.78, 5) is 58.2. The Hall–Kier alpha value is -2.69. The number of carbonyl (C=O) groups is 5. The molecule has 0 spiro atoms. The minimum Gasteiger partial charge on any atom is -0.480 e. The highest BCUT2D eigenvalue weighted by Crippen LogP contribution is 2.04. The molecule has 8 N–H and O–H groups in total. The lowest BCUT2D eigenvalue weighted by Gasteiger charge is -2.25. The molecule has 11 nitrogen and oxygen atoms in total. The maximum Gasteiger partial charge on any atom is 0.326 e. The Balaban J connectivity index is 4.90. The quantitative estimate of drug-likeness (QED) is 0.232. The number of carbonyl (C=O) groups excluding carboxylic acids is 4. The Morgan fingerprint density at radius 3 is 1.85 bits per heavy atom. The average Bonchev–Trinajstić information content (AvgIpc) is 2.54. The summed E-state index contributed by atoms with van der Waals surface area (Å²) in [6, 6.07) is -4.10. The monoisotopic (exact) mass is 387 g/mol. The van der Waals surface area contributed by atoms with Crippen LogP contribution >= 0.6 is 0 Å². The normalized spacial score (nSPS) is 15.2. The summed E-state index contributed by atoms with van der Waals surface area (Å²) < 4.78 is 0. The minimum atomic E-state index is -1.33. The lowest BCUT2D eigenvalue weighted by molar-refractivity contribution is -0.142. The van der Waals surface area contributed by atoms with Crippen LogP contribution < -0.4 is 27.4 Å². The van der Waals surface area contributed by atoms with Crippen LogP contribution in [0.1, 0.15) is 40.5 Å². The summed E-state index contributed by atoms with van der Waals surface area (Å²) in [5.74, 6) is -4.16. The average molecular weight is 387 g/mol. The van der Waals surface area contributed by atoms with Gasteiger partial charge >= 0.3 is 5.97 Å². The Labute approximate surface area is 157 Å². The van der Waals surface area contributed by atoms with Gasteiger partial charge < -0.3 is 32.5 Å². The zero-order valence-electron chi connectivity index (χ0n) is 15.9. The fourth-order valence-corrected chi connectivity index (χ4v) is 2.03. The molecule has 0 rings (SSSR count). The van der Waals surface area contributed by atoms with E-state index in [1.165, 1.54) is 13.8 Å². The molecule has 11 heteroatoms. The Kier molecular flexibility index (Phi) is 10.0. The van der Waals surface area contributed by atoms with Crippen molar-refractivity contribution in [1.29, 1.82) is 0 Å². The summed E-state index contributed by atoms with van der Waals surface area (Å²) in [5.41, 5.74) is 10.4. The van der Waals surface area contributed by atoms with Gasteiger partial charge in [0, 0.05) is 6.42 Å². The highest BCUT2D eigenvalue weighted by Gasteiger charge is 2.29. The molecule has 0 heterocycles. The Bertz CT molecular complexity index is 578. The van der Waals surface area contributed by atoms with Crippen LogP contribution in [-0.4, -0.2) is 58.9 Å². The number of aliphatic carboxylic acids is 1. The molecule has 0 aromatic heterocycles. The maximum absolute atomic E-state index is 12.4. The van der Waals surface area contributed by atoms with Gasteiger partial charge in [-0.2, -0.15) is 0 Å². The second-order valence-corrected chi connectivity index (χ2v) is 6.65. The molecular weight excluding hydrogens is 358 g/mol. The first kappa shape index (κ1) is 24.3. The predicted molar refractivity (Wildman–Crippen MR) is 96.0 cm³/mol. The van der Waals surface area contributed by atoms with Crippen LogP contribution in [-0.2, 0) is 24.0 Å². The number of hydrogen-bond donors (Lipinski definition) is 6. The molecule has 0 fully saturated rings. The van der Waals surface area contributed by atoms with Gasteiger partial charge in [0.1, 0.15) is 18.1 Å². The van der Waals surface area contributed by atoms with E-state index in [4.69, 9.17) is 16.6 Å². The molecule has 0 saturated heterocycles. The Morgan fingerprint density at radius 1 is 0.889 bits per heavy atom. The zero-order valence-corrected chi connectivity index (χ0v) is 15.9. The lowest BCUT2D eigenvalue weighted by atomic mass is 10.0. The number of carboxylic acids is 1. The van der Waals surface area contributed by atoms with Crippen molar-refractivity contribution in [3.05, 3.63) is 0 Å². The van der Waals surface area contributed by atoms with Crippen molar-refractivity contribution in [2.75, 3.05) is 0 Å². The van der Waals surface area contributed by atoms with Gasteiger partial charge in [-0.15, -0.1) is 0 Å². The second kappa shape index (κ2) is 11.1. The fourth-order valence-electron chi connectivity index (χ4n) is 2.03. The van der Waals surface area contributed by atoms with E-state index < -0.39 is 53.8 Å². The first-order valence-electron chi connectivity index (χ1n) is 8.54. The fraction of sp³-hybridized carbons (Fsp3) is 0.688. The minimum absolute atomic E-state index is 0.170. The molecule has 0 aromatic carbocycles. The first-order valence-corrected chi connectivity index (χ1v) is 8.54. The molecule has 0 aliphatic carbocycles. The summed E-state index contributed by atoms with van der Waals surface area (Å²) in [6.07, 6.45) is -0.382. The van der Waals surface area contributed by atoms with Crippen LogP contribution in [0.3, 0.4) is 0 Å². The van der Waals surface area contributed by atoms with Gasteiger partial charge in [-0.05, 0) is 26.2 Å². The van der Waals surface area contributed by atoms with E-state index in [2.05, 4.69) is 16.0 Å². The van der Waals surface area contributed by atoms with Gasteiger partial charge in [-0.1, -0.05) is 13.8 Å². The third kappa shape index (κ3) is 8.99. The standard InChI is InChI=1S/C16H29N5O6/c1-7(2)12(21-13(23)8(3)17)15(25)19-9(4)14(24)20-10(16(26)27)5-6-11(18)22/h7-10,12H,5-6,17H2,1-4H3,(H2,18,22)(H,19,25)(H,20,24)(H,21,23)(H,26,27). The van der Waals surface area contributed by atoms with Gasteiger partial charge in [0.25, 0.3) is 0 Å². The van der Waals surface area contributed by atoms with E-state index >= 15 is 0 Å². The largest absolute Gasteiger partial charge is 0.480 e. The molecule has 27 heavy (non-hydrogen) atoms. The number of amides is 4. The van der Waals surface area contributed by atoms with Gasteiger partial charge in [0.2, 0.25) is 23.6 Å². The van der Waals surface area contributed by atoms with Crippen molar-refractivity contribution in [1.82, 2.24) is 16.0 Å². The number of hydrogen-bond acceptors (Lipinski definition) is 6. The van der Waals surface area contributed by atoms with Crippen molar-refractivity contribution in [3.8, 4) is 0 Å². The predicted octanol–water partition coefficient (Wildman–Crippen LogP) is -2.19. The SMILES string of the molecule is CC(N)C(=O)NC(C(=O)NC(C)C(=O)NC(CCC(N)=O)C(=O)O)C(C)C. The molecule has 0 aromatic rings. The highest BCUT2D eigenvalue weighted by atomic mass is 16.4. The number of rotatable bonds is 11. The lowest BCUT2D eigenvalue weighted by Crippen LogP contribution is -2.57. The Morgan fingerprint density at radius 2 is 1.44 bits per heavy atom. The van der Waals surface area contributed by atoms with E-state index in [0.29, 0.717) is 0 Å². The number of nitrogens with one attached hydrogen (secondary N) is 3. The van der Waals surface area contributed by atoms with Crippen molar-refractivity contribution in [2.24, 2.45) is 17.4 Å². The third-order valence-corrected chi connectivity index (χ3v) is 3.71. The smallest absolute Gasteiger partial charge is 0.326 e. The van der Waals surface area contributed by atoms with Crippen LogP contribution in [0.5, 0.6) is 0 Å². The summed E-state index contributed by atoms with van der Waals surface area (Å²) in [7, 11) is 0. The second-order valence-electron chi connectivity index (χ2n) is 6.65. The number of primary amides is 1. The van der Waals surface area contributed by atoms with E-state index in [-0.39, 0.29) is 18.8 Å². The van der Waals surface area contributed by atoms with Crippen LogP contribution in [0.4, 0.5) is 0 Å². The molecule has 0 saturated carbocycles. The van der Waals surface area contributed by atoms with Crippen molar-refractivity contribution in [2.45, 2.75) is 64.7 Å². The maximum atomic E-state index is 12.4. The molecule has 154 valence electrons. The van der Waals surface area contributed by atoms with E-state index in [9.17, 15) is 24.0 Å². The third-order valence-electron chi connectivity index (χ3n) is 3.71. The first-order chi connectivity index (χ1) is 12.4. The summed E-state index contributed by atoms with van der Waals surface area (Å²) >= 11 is 0. The van der Waals surface area contributed by atoms with E-state index in [0.717, 1.165) is 0 Å². The van der Waals surface area contributed by atoms with Gasteiger partial charge in [0.05, 0.1) is 6.04 Å². The topological polar surface area (TPSA) is 194 Å². The summed E-state index contributed by atoms with van der Waals surface area (Å²) in [6.45, 7) is 6.26. The van der Waals surface area contributed by atoms with Crippen LogP contribution in [0, 0.1) is 5.92 Å². The molecule has 4 unspecified atom stereocenters. The van der Waals surface area contributed by atoms with Crippen LogP contribution in [0.25, 0.3) is 0 Å². The van der Waals surface area contributed by atoms with Gasteiger partial charge in [-0.3, -0.25) is 19.2 Å².